The molecule has 0 saturated carbocycles. The Morgan fingerprint density at radius 3 is 2.62 bits per heavy atom. The Morgan fingerprint density at radius 2 is 1.88 bits per heavy atom. The van der Waals surface area contributed by atoms with E-state index in [0.29, 0.717) is 28.4 Å². The van der Waals surface area contributed by atoms with Gasteiger partial charge in [0, 0.05) is 16.3 Å². The predicted molar refractivity (Wildman–Crippen MR) is 95.5 cm³/mol. The third kappa shape index (κ3) is 3.52. The summed E-state index contributed by atoms with van der Waals surface area (Å²) in [5.41, 5.74) is 1.79. The number of ketones is 1. The van der Waals surface area contributed by atoms with E-state index >= 15 is 0 Å². The number of benzene rings is 2. The van der Waals surface area contributed by atoms with Crippen LogP contribution in [0.4, 0.5) is 5.69 Å². The van der Waals surface area contributed by atoms with Gasteiger partial charge in [-0.3, -0.25) is 14.4 Å². The van der Waals surface area contributed by atoms with Crippen molar-refractivity contribution in [2.75, 3.05) is 11.1 Å². The van der Waals surface area contributed by atoms with Gasteiger partial charge in [0.05, 0.1) is 5.69 Å². The van der Waals surface area contributed by atoms with E-state index < -0.39 is 22.7 Å². The summed E-state index contributed by atoms with van der Waals surface area (Å²) in [7, 11) is 0. The molecule has 0 bridgehead atoms. The summed E-state index contributed by atoms with van der Waals surface area (Å²) in [6.07, 6.45) is 0.700. The van der Waals surface area contributed by atoms with Gasteiger partial charge in [0.2, 0.25) is 11.0 Å². The number of carbonyl (C=O) groups excluding carboxylic acids is 3. The number of Topliss-reactive ketones (excluding diaryl/α,β-unsaturated/α-hetero) is 1. The van der Waals surface area contributed by atoms with Crippen LogP contribution in [-0.4, -0.2) is 22.6 Å². The molecular formula is C18H14ClNO3S. The molecule has 1 N–H and O–H groups in total. The first-order valence-corrected chi connectivity index (χ1v) is 8.78. The van der Waals surface area contributed by atoms with Crippen molar-refractivity contribution in [2.24, 2.45) is 5.92 Å². The van der Waals surface area contributed by atoms with Crippen molar-refractivity contribution in [2.45, 2.75) is 6.42 Å². The van der Waals surface area contributed by atoms with Gasteiger partial charge in [0.25, 0.3) is 0 Å². The maximum absolute atomic E-state index is 12.5. The summed E-state index contributed by atoms with van der Waals surface area (Å²) >= 11 is 6.88. The van der Waals surface area contributed by atoms with Gasteiger partial charge >= 0.3 is 0 Å². The van der Waals surface area contributed by atoms with E-state index in [0.717, 1.165) is 17.3 Å². The van der Waals surface area contributed by atoms with Gasteiger partial charge in [-0.15, -0.1) is 0 Å². The number of fused-ring (bicyclic) bond motifs is 1. The molecule has 3 rings (SSSR count). The number of hydrogen-bond acceptors (Lipinski definition) is 4. The molecule has 0 saturated heterocycles. The normalized spacial score (nSPS) is 16.5. The number of nitrogens with one attached hydrogen (secondary N) is 1. The molecule has 1 atom stereocenters. The maximum atomic E-state index is 12.5. The molecule has 0 fully saturated rings. The van der Waals surface area contributed by atoms with E-state index in [-0.39, 0.29) is 0 Å². The van der Waals surface area contributed by atoms with Crippen molar-refractivity contribution >= 4 is 45.9 Å². The van der Waals surface area contributed by atoms with Crippen molar-refractivity contribution < 1.29 is 14.4 Å². The molecule has 1 aliphatic heterocycles. The molecule has 0 spiro atoms. The molecule has 2 aromatic rings. The fraction of sp³-hybridized carbons (Fsp3) is 0.167. The minimum atomic E-state index is -1.29. The molecule has 24 heavy (non-hydrogen) atoms. The zero-order chi connectivity index (χ0) is 17.1. The second-order valence-corrected chi connectivity index (χ2v) is 6.92. The van der Waals surface area contributed by atoms with Crippen LogP contribution >= 0.6 is 23.4 Å². The van der Waals surface area contributed by atoms with Crippen molar-refractivity contribution in [3.63, 3.8) is 0 Å². The molecular weight excluding hydrogens is 346 g/mol. The molecule has 0 radical (unpaired) electrons. The lowest BCUT2D eigenvalue weighted by Gasteiger charge is -2.22. The Labute approximate surface area is 148 Å². The molecule has 1 amide bonds. The molecule has 0 aliphatic carbocycles. The first-order valence-electron chi connectivity index (χ1n) is 7.41. The second-order valence-electron chi connectivity index (χ2n) is 5.38. The van der Waals surface area contributed by atoms with Gasteiger partial charge in [0.15, 0.2) is 11.7 Å². The van der Waals surface area contributed by atoms with E-state index in [1.165, 1.54) is 12.1 Å². The molecule has 4 nitrogen and oxygen atoms in total. The number of hydrogen-bond donors (Lipinski definition) is 1. The number of rotatable bonds is 4. The largest absolute Gasteiger partial charge is 0.324 e. The van der Waals surface area contributed by atoms with Crippen LogP contribution in [-0.2, 0) is 16.0 Å². The van der Waals surface area contributed by atoms with Crippen LogP contribution < -0.4 is 5.32 Å². The summed E-state index contributed by atoms with van der Waals surface area (Å²) in [5.74, 6) is -1.83. The zero-order valence-electron chi connectivity index (χ0n) is 12.6. The van der Waals surface area contributed by atoms with E-state index in [4.69, 9.17) is 11.6 Å². The Bertz CT molecular complexity index is 807. The van der Waals surface area contributed by atoms with E-state index in [1.54, 1.807) is 6.07 Å². The minimum absolute atomic E-state index is 0.320. The van der Waals surface area contributed by atoms with E-state index in [9.17, 15) is 14.4 Å². The lowest BCUT2D eigenvalue weighted by molar-refractivity contribution is -0.124. The van der Waals surface area contributed by atoms with Crippen molar-refractivity contribution in [3.05, 3.63) is 64.7 Å². The van der Waals surface area contributed by atoms with Crippen LogP contribution in [0.5, 0.6) is 0 Å². The third-order valence-corrected chi connectivity index (χ3v) is 4.91. The molecule has 1 aliphatic rings. The van der Waals surface area contributed by atoms with Gasteiger partial charge in [-0.1, -0.05) is 53.7 Å². The molecule has 1 heterocycles. The highest BCUT2D eigenvalue weighted by molar-refractivity contribution is 8.13. The van der Waals surface area contributed by atoms with Crippen molar-refractivity contribution in [1.82, 2.24) is 0 Å². The van der Waals surface area contributed by atoms with Crippen LogP contribution in [0.2, 0.25) is 5.02 Å². The number of thioether (sulfide) groups is 1. The Balaban J connectivity index is 1.67. The molecule has 1 unspecified atom stereocenters. The molecule has 122 valence electrons. The fourth-order valence-corrected chi connectivity index (χ4v) is 3.62. The first kappa shape index (κ1) is 16.7. The van der Waals surface area contributed by atoms with Crippen molar-refractivity contribution in [1.29, 1.82) is 0 Å². The van der Waals surface area contributed by atoms with Crippen LogP contribution in [0.15, 0.2) is 48.5 Å². The number of carbonyl (C=O) groups is 3. The van der Waals surface area contributed by atoms with Crippen LogP contribution in [0, 0.1) is 5.92 Å². The lowest BCUT2D eigenvalue weighted by atomic mass is 9.92. The Hall–Kier alpha value is -2.11. The van der Waals surface area contributed by atoms with Gasteiger partial charge in [0.1, 0.15) is 0 Å². The summed E-state index contributed by atoms with van der Waals surface area (Å²) in [5, 5.41) is 2.59. The first-order chi connectivity index (χ1) is 11.6. The van der Waals surface area contributed by atoms with Crippen LogP contribution in [0.3, 0.4) is 0 Å². The van der Waals surface area contributed by atoms with Gasteiger partial charge in [-0.25, -0.2) is 0 Å². The van der Waals surface area contributed by atoms with Gasteiger partial charge in [-0.2, -0.15) is 0 Å². The summed E-state index contributed by atoms with van der Waals surface area (Å²) in [6.45, 7) is 0. The predicted octanol–water partition coefficient (Wildman–Crippen LogP) is 3.59. The summed E-state index contributed by atoms with van der Waals surface area (Å²) in [6, 6.07) is 14.4. The average Bonchev–Trinajstić information content (AvgIpc) is 2.55. The number of amides is 1. The highest BCUT2D eigenvalue weighted by atomic mass is 35.5. The van der Waals surface area contributed by atoms with Crippen molar-refractivity contribution in [3.8, 4) is 0 Å². The summed E-state index contributed by atoms with van der Waals surface area (Å²) in [4.78, 5) is 37.0. The highest BCUT2D eigenvalue weighted by Crippen LogP contribution is 2.30. The van der Waals surface area contributed by atoms with Gasteiger partial charge < -0.3 is 5.32 Å². The quantitative estimate of drug-likeness (QED) is 0.847. The van der Waals surface area contributed by atoms with Crippen LogP contribution in [0.25, 0.3) is 0 Å². The smallest absolute Gasteiger partial charge is 0.243 e. The molecule has 2 aromatic carbocycles. The third-order valence-electron chi connectivity index (χ3n) is 3.74. The topological polar surface area (TPSA) is 63.2 Å². The Morgan fingerprint density at radius 1 is 1.12 bits per heavy atom. The number of anilines is 1. The SMILES string of the molecule is O=C1Nc2cc(Cl)ccc2C(=O)C1C(=O)SCCc1ccccc1. The molecule has 6 heteroatoms. The lowest BCUT2D eigenvalue weighted by Crippen LogP contribution is -2.39. The summed E-state index contributed by atoms with van der Waals surface area (Å²) < 4.78 is 0. The number of halogens is 1. The van der Waals surface area contributed by atoms with Gasteiger partial charge in [-0.05, 0) is 30.2 Å². The van der Waals surface area contributed by atoms with E-state index in [1.807, 2.05) is 30.3 Å². The second kappa shape index (κ2) is 7.20. The number of aryl methyl sites for hydroxylation is 1. The monoisotopic (exact) mass is 359 g/mol. The molecule has 0 aromatic heterocycles. The standard InChI is InChI=1S/C18H14ClNO3S/c19-12-6-7-13-14(10-12)20-17(22)15(16(13)21)18(23)24-9-8-11-4-2-1-3-5-11/h1-7,10,15H,8-9H2,(H,20,22). The Kier molecular flexibility index (Phi) is 5.02. The average molecular weight is 360 g/mol. The highest BCUT2D eigenvalue weighted by Gasteiger charge is 2.39. The minimum Gasteiger partial charge on any atom is -0.324 e. The maximum Gasteiger partial charge on any atom is 0.243 e. The fourth-order valence-electron chi connectivity index (χ4n) is 2.53. The van der Waals surface area contributed by atoms with Crippen LogP contribution in [0.1, 0.15) is 15.9 Å². The zero-order valence-corrected chi connectivity index (χ0v) is 14.2. The van der Waals surface area contributed by atoms with E-state index in [2.05, 4.69) is 5.32 Å².